The number of alkyl halides is 3. The van der Waals surface area contributed by atoms with Crippen LogP contribution in [0, 0.1) is 0 Å². The Morgan fingerprint density at radius 3 is 2.61 bits per heavy atom. The zero-order valence-corrected chi connectivity index (χ0v) is 15.5. The number of H-pyrrole nitrogens is 1. The summed E-state index contributed by atoms with van der Waals surface area (Å²) in [6.45, 7) is 1.97. The van der Waals surface area contributed by atoms with E-state index >= 15 is 0 Å². The number of amides is 1. The van der Waals surface area contributed by atoms with Crippen molar-refractivity contribution in [1.82, 2.24) is 19.6 Å². The van der Waals surface area contributed by atoms with Crippen molar-refractivity contribution in [2.24, 2.45) is 0 Å². The molecule has 3 rings (SSSR count). The molecule has 0 radical (unpaired) electrons. The average molecular weight is 411 g/mol. The lowest BCUT2D eigenvalue weighted by molar-refractivity contribution is -0.137. The summed E-state index contributed by atoms with van der Waals surface area (Å²) in [4.78, 5) is 26.4. The number of aromatic amines is 1. The Morgan fingerprint density at radius 2 is 1.96 bits per heavy atom. The van der Waals surface area contributed by atoms with Crippen molar-refractivity contribution in [1.29, 1.82) is 0 Å². The molecular weight excluding hydrogens is 395 g/mol. The average Bonchev–Trinajstić information content (AvgIpc) is 3.03. The number of anilines is 1. The Morgan fingerprint density at radius 1 is 1.25 bits per heavy atom. The van der Waals surface area contributed by atoms with Crippen molar-refractivity contribution in [3.05, 3.63) is 51.9 Å². The molecule has 0 aliphatic carbocycles. The molecule has 2 aromatic heterocycles. The first-order valence-electron chi connectivity index (χ1n) is 8.35. The maximum atomic E-state index is 12.6. The van der Waals surface area contributed by atoms with E-state index in [1.165, 1.54) is 18.2 Å². The van der Waals surface area contributed by atoms with Gasteiger partial charge in [0.2, 0.25) is 11.7 Å². The van der Waals surface area contributed by atoms with Crippen molar-refractivity contribution in [3.8, 4) is 0 Å². The highest BCUT2D eigenvalue weighted by Gasteiger charge is 2.30. The van der Waals surface area contributed by atoms with Crippen molar-refractivity contribution < 1.29 is 18.0 Å². The van der Waals surface area contributed by atoms with E-state index < -0.39 is 17.6 Å². The van der Waals surface area contributed by atoms with Gasteiger partial charge in [-0.15, -0.1) is 10.2 Å². The molecule has 148 valence electrons. The summed E-state index contributed by atoms with van der Waals surface area (Å²) in [6.07, 6.45) is -2.97. The third kappa shape index (κ3) is 4.53. The molecule has 0 unspecified atom stereocenters. The van der Waals surface area contributed by atoms with Crippen molar-refractivity contribution >= 4 is 29.1 Å². The molecule has 2 heterocycles. The molecule has 0 bridgehead atoms. The number of fused-ring (bicyclic) bond motifs is 1. The van der Waals surface area contributed by atoms with Gasteiger partial charge in [0.1, 0.15) is 0 Å². The minimum Gasteiger partial charge on any atom is -0.325 e. The number of halogens is 3. The van der Waals surface area contributed by atoms with Gasteiger partial charge < -0.3 is 5.32 Å². The topological polar surface area (TPSA) is 92.2 Å². The molecule has 2 N–H and O–H groups in total. The van der Waals surface area contributed by atoms with Crippen LogP contribution in [0.2, 0.25) is 0 Å². The molecular formula is C17H16F3N5O2S. The maximum absolute atomic E-state index is 12.6. The fourth-order valence-corrected chi connectivity index (χ4v) is 3.34. The van der Waals surface area contributed by atoms with E-state index in [2.05, 4.69) is 20.5 Å². The van der Waals surface area contributed by atoms with Crippen LogP contribution >= 0.6 is 11.8 Å². The Bertz CT molecular complexity index is 1040. The summed E-state index contributed by atoms with van der Waals surface area (Å²) < 4.78 is 39.4. The van der Waals surface area contributed by atoms with Gasteiger partial charge in [-0.05, 0) is 30.7 Å². The number of thioether (sulfide) groups is 1. The maximum Gasteiger partial charge on any atom is 0.416 e. The Labute approximate surface area is 161 Å². The van der Waals surface area contributed by atoms with Crippen LogP contribution in [0.25, 0.3) is 5.78 Å². The lowest BCUT2D eigenvalue weighted by Gasteiger charge is -2.09. The first-order valence-corrected chi connectivity index (χ1v) is 9.33. The summed E-state index contributed by atoms with van der Waals surface area (Å²) in [6, 6.07) is 5.67. The molecule has 0 atom stereocenters. The lowest BCUT2D eigenvalue weighted by atomic mass is 10.2. The number of aromatic nitrogens is 4. The first kappa shape index (κ1) is 19.9. The van der Waals surface area contributed by atoms with Gasteiger partial charge in [0.05, 0.1) is 11.3 Å². The molecule has 1 aromatic carbocycles. The van der Waals surface area contributed by atoms with Gasteiger partial charge in [-0.25, -0.2) is 0 Å². The van der Waals surface area contributed by atoms with Crippen molar-refractivity contribution in [2.75, 3.05) is 11.1 Å². The second kappa shape index (κ2) is 8.05. The number of nitrogens with one attached hydrogen (secondary N) is 2. The van der Waals surface area contributed by atoms with E-state index in [9.17, 15) is 22.8 Å². The highest BCUT2D eigenvalue weighted by Crippen LogP contribution is 2.29. The molecule has 0 aliphatic heterocycles. The molecule has 0 saturated carbocycles. The van der Waals surface area contributed by atoms with Crippen molar-refractivity contribution in [2.45, 2.75) is 31.1 Å². The van der Waals surface area contributed by atoms with E-state index in [0.29, 0.717) is 17.4 Å². The number of carbonyl (C=O) groups excluding carboxylic acids is 1. The predicted molar refractivity (Wildman–Crippen MR) is 98.4 cm³/mol. The third-order valence-corrected chi connectivity index (χ3v) is 4.72. The quantitative estimate of drug-likeness (QED) is 0.608. The van der Waals surface area contributed by atoms with Crippen LogP contribution in [0.4, 0.5) is 18.9 Å². The van der Waals surface area contributed by atoms with Crippen LogP contribution in [-0.2, 0) is 17.4 Å². The van der Waals surface area contributed by atoms with Crippen LogP contribution in [0.1, 0.15) is 24.6 Å². The van der Waals surface area contributed by atoms with Gasteiger partial charge in [-0.2, -0.15) is 13.2 Å². The smallest absolute Gasteiger partial charge is 0.325 e. The number of rotatable bonds is 6. The van der Waals surface area contributed by atoms with Crippen LogP contribution in [0.3, 0.4) is 0 Å². The zero-order valence-electron chi connectivity index (χ0n) is 14.7. The Balaban J connectivity index is 1.69. The van der Waals surface area contributed by atoms with Crippen LogP contribution in [0.5, 0.6) is 0 Å². The molecule has 1 amide bonds. The van der Waals surface area contributed by atoms with Gasteiger partial charge in [-0.3, -0.25) is 19.0 Å². The van der Waals surface area contributed by atoms with Crippen LogP contribution in [-0.4, -0.2) is 31.2 Å². The largest absolute Gasteiger partial charge is 0.416 e. The highest BCUT2D eigenvalue weighted by atomic mass is 32.2. The molecule has 7 nitrogen and oxygen atoms in total. The summed E-state index contributed by atoms with van der Waals surface area (Å²) in [7, 11) is 0. The standard InChI is InChI=1S/C17H16F3N5O2S/c1-2-3-12-8-13(26)22-15-23-24-16(25(12)15)28-9-14(27)21-11-6-4-10(5-7-11)17(18,19)20/h4-8H,2-3,9H2,1H3,(H,21,27)(H,22,23,26). The number of nitrogens with zero attached hydrogens (tertiary/aromatic N) is 3. The van der Waals surface area contributed by atoms with E-state index in [4.69, 9.17) is 0 Å². The molecule has 0 fully saturated rings. The summed E-state index contributed by atoms with van der Waals surface area (Å²) in [5.41, 5.74) is -0.0650. The summed E-state index contributed by atoms with van der Waals surface area (Å²) in [5.74, 6) is -0.128. The van der Waals surface area contributed by atoms with E-state index in [-0.39, 0.29) is 17.0 Å². The zero-order chi connectivity index (χ0) is 20.3. The normalized spacial score (nSPS) is 11.7. The highest BCUT2D eigenvalue weighted by molar-refractivity contribution is 7.99. The minimum absolute atomic E-state index is 0.0213. The molecule has 3 aromatic rings. The molecule has 0 spiro atoms. The second-order valence-electron chi connectivity index (χ2n) is 5.93. The van der Waals surface area contributed by atoms with Gasteiger partial charge in [0.15, 0.2) is 5.16 Å². The molecule has 0 aliphatic rings. The van der Waals surface area contributed by atoms with Crippen LogP contribution < -0.4 is 10.9 Å². The van der Waals surface area contributed by atoms with Gasteiger partial charge in [0, 0.05) is 17.4 Å². The van der Waals surface area contributed by atoms with E-state index in [0.717, 1.165) is 36.0 Å². The van der Waals surface area contributed by atoms with Gasteiger partial charge in [-0.1, -0.05) is 25.1 Å². The van der Waals surface area contributed by atoms with Gasteiger partial charge in [0.25, 0.3) is 5.56 Å². The summed E-state index contributed by atoms with van der Waals surface area (Å²) >= 11 is 1.11. The second-order valence-corrected chi connectivity index (χ2v) is 6.87. The minimum atomic E-state index is -4.43. The molecule has 11 heteroatoms. The van der Waals surface area contributed by atoms with Crippen molar-refractivity contribution in [3.63, 3.8) is 0 Å². The van der Waals surface area contributed by atoms with Crippen LogP contribution in [0.15, 0.2) is 40.3 Å². The number of aryl methyl sites for hydroxylation is 1. The number of hydrogen-bond acceptors (Lipinski definition) is 5. The monoisotopic (exact) mass is 411 g/mol. The lowest BCUT2D eigenvalue weighted by Crippen LogP contribution is -2.15. The fourth-order valence-electron chi connectivity index (χ4n) is 2.58. The van der Waals surface area contributed by atoms with Gasteiger partial charge >= 0.3 is 6.18 Å². The number of carbonyl (C=O) groups is 1. The Kier molecular flexibility index (Phi) is 5.73. The summed E-state index contributed by atoms with van der Waals surface area (Å²) in [5, 5.41) is 10.9. The fraction of sp³-hybridized carbons (Fsp3) is 0.294. The molecule has 0 saturated heterocycles. The molecule has 28 heavy (non-hydrogen) atoms. The predicted octanol–water partition coefficient (Wildman–Crippen LogP) is 3.12. The third-order valence-electron chi connectivity index (χ3n) is 3.79. The first-order chi connectivity index (χ1) is 13.3. The Hall–Kier alpha value is -2.82. The van der Waals surface area contributed by atoms with E-state index in [1.807, 2.05) is 6.92 Å². The number of benzene rings is 1. The SMILES string of the molecule is CCCc1cc(=O)[nH]c2nnc(SCC(=O)Nc3ccc(C(F)(F)F)cc3)n12. The van der Waals surface area contributed by atoms with E-state index in [1.54, 1.807) is 4.40 Å². The number of hydrogen-bond donors (Lipinski definition) is 2.